The van der Waals surface area contributed by atoms with Crippen LogP contribution in [0.3, 0.4) is 0 Å². The Kier molecular flexibility index (Phi) is 5.23. The van der Waals surface area contributed by atoms with Gasteiger partial charge in [0.1, 0.15) is 6.61 Å². The fourth-order valence-corrected chi connectivity index (χ4v) is 2.60. The number of pyridine rings is 1. The van der Waals surface area contributed by atoms with Gasteiger partial charge in [-0.3, -0.25) is 24.5 Å². The molecule has 10 heteroatoms. The Hall–Kier alpha value is -3.27. The van der Waals surface area contributed by atoms with Gasteiger partial charge >= 0.3 is 6.01 Å². The van der Waals surface area contributed by atoms with Crippen molar-refractivity contribution in [2.24, 2.45) is 10.7 Å². The molecule has 0 radical (unpaired) electrons. The van der Waals surface area contributed by atoms with Crippen molar-refractivity contribution in [3.63, 3.8) is 0 Å². The first-order valence-electron chi connectivity index (χ1n) is 7.96. The van der Waals surface area contributed by atoms with Gasteiger partial charge in [0.25, 0.3) is 5.56 Å². The number of allylic oxidation sites excluding steroid dienone is 1. The van der Waals surface area contributed by atoms with Gasteiger partial charge in [0.2, 0.25) is 5.91 Å². The van der Waals surface area contributed by atoms with Crippen LogP contribution in [0.25, 0.3) is 10.9 Å². The third kappa shape index (κ3) is 3.86. The molecule has 0 bridgehead atoms. The molecule has 10 nitrogen and oxygen atoms in total. The molecular weight excluding hydrogens is 340 g/mol. The number of fused-ring (bicyclic) bond motifs is 1. The van der Waals surface area contributed by atoms with E-state index in [1.807, 2.05) is 0 Å². The van der Waals surface area contributed by atoms with E-state index in [0.29, 0.717) is 30.4 Å². The number of hydrogen-bond acceptors (Lipinski definition) is 8. The molecule has 4 N–H and O–H groups in total. The van der Waals surface area contributed by atoms with E-state index < -0.39 is 6.61 Å². The number of aromatic nitrogens is 3. The van der Waals surface area contributed by atoms with Gasteiger partial charge in [-0.25, -0.2) is 0 Å². The van der Waals surface area contributed by atoms with Gasteiger partial charge in [0.15, 0.2) is 5.76 Å². The Morgan fingerprint density at radius 3 is 3.19 bits per heavy atom. The van der Waals surface area contributed by atoms with Crippen molar-refractivity contribution in [2.75, 3.05) is 19.7 Å². The van der Waals surface area contributed by atoms with Crippen molar-refractivity contribution >= 4 is 23.0 Å². The Morgan fingerprint density at radius 1 is 1.58 bits per heavy atom. The van der Waals surface area contributed by atoms with Gasteiger partial charge in [-0.2, -0.15) is 4.98 Å². The second kappa shape index (κ2) is 7.74. The van der Waals surface area contributed by atoms with Gasteiger partial charge in [-0.1, -0.05) is 0 Å². The molecule has 1 saturated heterocycles. The maximum atomic E-state index is 12.0. The lowest BCUT2D eigenvalue weighted by molar-refractivity contribution is -0.133. The monoisotopic (exact) mass is 358 g/mol. The summed E-state index contributed by atoms with van der Waals surface area (Å²) in [5.41, 5.74) is 5.59. The van der Waals surface area contributed by atoms with Crippen LogP contribution in [0.4, 0.5) is 0 Å². The Morgan fingerprint density at radius 2 is 2.42 bits per heavy atom. The number of amides is 1. The maximum absolute atomic E-state index is 12.0. The van der Waals surface area contributed by atoms with Crippen molar-refractivity contribution < 1.29 is 14.6 Å². The second-order valence-electron chi connectivity index (χ2n) is 5.65. The standard InChI is InChI=1S/C16H18N6O4/c17-5-11(6-19-10-2-4-22(8-10)14(24)9-23)26-16-20-13-7-18-3-1-12(13)15(25)21-16/h1,3,5-7,10,23H,2,4,8-9,17H2,(H,20,21,25)/t10-/m0/s1. The number of rotatable bonds is 5. The number of aromatic amines is 1. The van der Waals surface area contributed by atoms with E-state index >= 15 is 0 Å². The summed E-state index contributed by atoms with van der Waals surface area (Å²) in [6, 6.07) is 1.42. The molecule has 1 aliphatic heterocycles. The normalized spacial score (nSPS) is 18.0. The summed E-state index contributed by atoms with van der Waals surface area (Å²) in [6.07, 6.45) is 6.26. The number of ether oxygens (including phenoxy) is 1. The molecule has 0 saturated carbocycles. The molecule has 3 rings (SSSR count). The SMILES string of the molecule is NC=C(C=N[C@H]1CCN(C(=O)CO)C1)Oc1nc2cnccc2c(=O)[nH]1. The highest BCUT2D eigenvalue weighted by molar-refractivity contribution is 5.79. The maximum Gasteiger partial charge on any atom is 0.302 e. The van der Waals surface area contributed by atoms with Crippen molar-refractivity contribution in [3.05, 3.63) is 40.8 Å². The molecule has 3 heterocycles. The lowest BCUT2D eigenvalue weighted by Crippen LogP contribution is -2.31. The van der Waals surface area contributed by atoms with E-state index in [2.05, 4.69) is 19.9 Å². The van der Waals surface area contributed by atoms with Gasteiger partial charge in [0.05, 0.1) is 29.4 Å². The average Bonchev–Trinajstić information content (AvgIpc) is 3.13. The Bertz CT molecular complexity index is 922. The summed E-state index contributed by atoms with van der Waals surface area (Å²) in [5, 5.41) is 9.29. The predicted octanol–water partition coefficient (Wildman–Crippen LogP) is -0.839. The van der Waals surface area contributed by atoms with Gasteiger partial charge in [0, 0.05) is 25.5 Å². The molecule has 1 atom stereocenters. The molecule has 2 aromatic heterocycles. The molecule has 1 aliphatic rings. The number of aliphatic imine (C=N–C) groups is 1. The van der Waals surface area contributed by atoms with Crippen LogP contribution < -0.4 is 16.0 Å². The lowest BCUT2D eigenvalue weighted by Gasteiger charge is -2.13. The highest BCUT2D eigenvalue weighted by Crippen LogP contribution is 2.13. The molecule has 0 aromatic carbocycles. The third-order valence-corrected chi connectivity index (χ3v) is 3.93. The first kappa shape index (κ1) is 17.5. The number of nitrogens with two attached hydrogens (primary N) is 1. The van der Waals surface area contributed by atoms with Crippen LogP contribution in [-0.4, -0.2) is 62.8 Å². The van der Waals surface area contributed by atoms with Gasteiger partial charge in [-0.05, 0) is 12.5 Å². The fourth-order valence-electron chi connectivity index (χ4n) is 2.60. The summed E-state index contributed by atoms with van der Waals surface area (Å²) in [6.45, 7) is 0.449. The van der Waals surface area contributed by atoms with Crippen LogP contribution >= 0.6 is 0 Å². The van der Waals surface area contributed by atoms with Crippen molar-refractivity contribution in [2.45, 2.75) is 12.5 Å². The predicted molar refractivity (Wildman–Crippen MR) is 93.6 cm³/mol. The Balaban J connectivity index is 1.69. The molecule has 1 fully saturated rings. The third-order valence-electron chi connectivity index (χ3n) is 3.93. The van der Waals surface area contributed by atoms with Gasteiger partial charge < -0.3 is 20.5 Å². The quantitative estimate of drug-likeness (QED) is 0.466. The minimum Gasteiger partial charge on any atom is -0.422 e. The molecule has 2 aromatic rings. The number of carbonyl (C=O) groups excluding carboxylic acids is 1. The first-order valence-corrected chi connectivity index (χ1v) is 7.96. The van der Waals surface area contributed by atoms with E-state index in [-0.39, 0.29) is 29.3 Å². The van der Waals surface area contributed by atoms with Crippen molar-refractivity contribution in [3.8, 4) is 6.01 Å². The van der Waals surface area contributed by atoms with Crippen LogP contribution in [0.5, 0.6) is 6.01 Å². The summed E-state index contributed by atoms with van der Waals surface area (Å²) in [4.78, 5) is 40.0. The second-order valence-corrected chi connectivity index (χ2v) is 5.65. The smallest absolute Gasteiger partial charge is 0.302 e. The summed E-state index contributed by atoms with van der Waals surface area (Å²) in [7, 11) is 0. The van der Waals surface area contributed by atoms with E-state index in [9.17, 15) is 9.59 Å². The molecule has 0 spiro atoms. The molecular formula is C16H18N6O4. The number of nitrogens with zero attached hydrogens (tertiary/aromatic N) is 4. The number of nitrogens with one attached hydrogen (secondary N) is 1. The minimum atomic E-state index is -0.511. The highest BCUT2D eigenvalue weighted by atomic mass is 16.5. The first-order chi connectivity index (χ1) is 12.6. The lowest BCUT2D eigenvalue weighted by atomic mass is 10.3. The van der Waals surface area contributed by atoms with E-state index in [4.69, 9.17) is 15.6 Å². The van der Waals surface area contributed by atoms with Crippen molar-refractivity contribution in [1.82, 2.24) is 19.9 Å². The van der Waals surface area contributed by atoms with Crippen LogP contribution in [0, 0.1) is 0 Å². The number of aliphatic hydroxyl groups excluding tert-OH is 1. The van der Waals surface area contributed by atoms with Crippen LogP contribution in [0.1, 0.15) is 6.42 Å². The van der Waals surface area contributed by atoms with Crippen molar-refractivity contribution in [1.29, 1.82) is 0 Å². The zero-order chi connectivity index (χ0) is 18.5. The number of hydrogen-bond donors (Lipinski definition) is 3. The average molecular weight is 358 g/mol. The summed E-state index contributed by atoms with van der Waals surface area (Å²) in [5.74, 6) is -0.122. The summed E-state index contributed by atoms with van der Waals surface area (Å²) >= 11 is 0. The molecule has 0 unspecified atom stereocenters. The number of likely N-dealkylation sites (tertiary alicyclic amines) is 1. The van der Waals surface area contributed by atoms with Crippen LogP contribution in [0.15, 0.2) is 40.2 Å². The number of carbonyl (C=O) groups is 1. The summed E-state index contributed by atoms with van der Waals surface area (Å²) < 4.78 is 5.48. The highest BCUT2D eigenvalue weighted by Gasteiger charge is 2.24. The minimum absolute atomic E-state index is 0.0258. The molecule has 1 amide bonds. The number of H-pyrrole nitrogens is 1. The topological polar surface area (TPSA) is 147 Å². The fraction of sp³-hybridized carbons (Fsp3) is 0.312. The van der Waals surface area contributed by atoms with Crippen LogP contribution in [-0.2, 0) is 4.79 Å². The van der Waals surface area contributed by atoms with Crippen LogP contribution in [0.2, 0.25) is 0 Å². The zero-order valence-corrected chi connectivity index (χ0v) is 13.8. The van der Waals surface area contributed by atoms with E-state index in [1.165, 1.54) is 24.8 Å². The van der Waals surface area contributed by atoms with Gasteiger partial charge in [-0.15, -0.1) is 0 Å². The largest absolute Gasteiger partial charge is 0.422 e. The zero-order valence-electron chi connectivity index (χ0n) is 13.8. The molecule has 26 heavy (non-hydrogen) atoms. The Labute approximate surface area is 148 Å². The number of aliphatic hydroxyl groups is 1. The van der Waals surface area contributed by atoms with E-state index in [1.54, 1.807) is 11.0 Å². The molecule has 0 aliphatic carbocycles. The van der Waals surface area contributed by atoms with E-state index in [0.717, 1.165) is 0 Å². The molecule has 136 valence electrons.